The van der Waals surface area contributed by atoms with Crippen LogP contribution in [-0.2, 0) is 16.3 Å². The van der Waals surface area contributed by atoms with Gasteiger partial charge in [0.15, 0.2) is 0 Å². The number of aromatic nitrogens is 4. The molecule has 6 rings (SSSR count). The molecule has 236 valence electrons. The van der Waals surface area contributed by atoms with Crippen molar-refractivity contribution in [3.8, 4) is 11.3 Å². The van der Waals surface area contributed by atoms with Crippen LogP contribution in [0.5, 0.6) is 0 Å². The highest BCUT2D eigenvalue weighted by atomic mass is 28.3. The number of hydrogen-bond acceptors (Lipinski definition) is 5. The van der Waals surface area contributed by atoms with Gasteiger partial charge in [0, 0.05) is 44.1 Å². The molecule has 0 aliphatic heterocycles. The standard InChI is InChI=1S/C34H48N6O3Si/c1-22(2)40-28(16-17-36-40)33(41)38-31(29(23-6-7-23)24-8-9-24)34(42)37-27-14-12-26(13-15-27)32-30(25-10-11-25)35-20-39(32)21-43-18-19-44(3,4)5/h12-17,20,22-25,29,31H,6-11,18-19,21H2,1-5H3,(H,37,42)(H,38,41)/t31-/m0/s1. The monoisotopic (exact) mass is 616 g/mol. The van der Waals surface area contributed by atoms with Crippen molar-refractivity contribution in [3.63, 3.8) is 0 Å². The summed E-state index contributed by atoms with van der Waals surface area (Å²) in [5, 5.41) is 10.6. The van der Waals surface area contributed by atoms with E-state index in [1.165, 1.54) is 12.8 Å². The Kier molecular flexibility index (Phi) is 8.83. The fourth-order valence-electron chi connectivity index (χ4n) is 6.29. The van der Waals surface area contributed by atoms with E-state index in [4.69, 9.17) is 9.72 Å². The minimum atomic E-state index is -1.16. The van der Waals surface area contributed by atoms with Crippen molar-refractivity contribution in [2.24, 2.45) is 17.8 Å². The Labute approximate surface area is 262 Å². The minimum absolute atomic E-state index is 0.0488. The van der Waals surface area contributed by atoms with Gasteiger partial charge in [-0.3, -0.25) is 14.3 Å². The summed E-state index contributed by atoms with van der Waals surface area (Å²) in [5.41, 5.74) is 4.52. The van der Waals surface area contributed by atoms with Crippen LogP contribution in [0.3, 0.4) is 0 Å². The summed E-state index contributed by atoms with van der Waals surface area (Å²) in [5.74, 6) is 1.25. The van der Waals surface area contributed by atoms with Crippen LogP contribution in [0.4, 0.5) is 5.69 Å². The molecular weight excluding hydrogens is 568 g/mol. The zero-order valence-corrected chi connectivity index (χ0v) is 27.9. The first kappa shape index (κ1) is 30.8. The quantitative estimate of drug-likeness (QED) is 0.146. The van der Waals surface area contributed by atoms with Gasteiger partial charge >= 0.3 is 0 Å². The fourth-order valence-corrected chi connectivity index (χ4v) is 7.04. The van der Waals surface area contributed by atoms with Crippen LogP contribution < -0.4 is 10.6 Å². The molecule has 0 bridgehead atoms. The molecule has 3 aromatic rings. The molecule has 0 saturated heterocycles. The molecule has 3 aliphatic rings. The third-order valence-electron chi connectivity index (χ3n) is 9.16. The smallest absolute Gasteiger partial charge is 0.270 e. The number of nitrogens with zero attached hydrogens (tertiary/aromatic N) is 4. The molecule has 0 unspecified atom stereocenters. The number of anilines is 1. The second-order valence-corrected chi connectivity index (χ2v) is 20.2. The SMILES string of the molecule is CC(C)n1nccc1C(=O)N[C@H](C(=O)Nc1ccc(-c2c(C3CC3)ncn2COCC[Si](C)(C)C)cc1)C(C1CC1)C1CC1. The average Bonchev–Trinajstić information content (AvgIpc) is 3.90. The van der Waals surface area contributed by atoms with Gasteiger partial charge in [-0.25, -0.2) is 4.98 Å². The molecule has 2 N–H and O–H groups in total. The molecule has 1 atom stereocenters. The number of carbonyl (C=O) groups excluding carboxylic acids is 2. The van der Waals surface area contributed by atoms with Crippen molar-refractivity contribution in [2.75, 3.05) is 11.9 Å². The molecule has 9 nitrogen and oxygen atoms in total. The molecule has 10 heteroatoms. The molecule has 0 radical (unpaired) electrons. The minimum Gasteiger partial charge on any atom is -0.361 e. The maximum absolute atomic E-state index is 13.9. The molecule has 2 heterocycles. The van der Waals surface area contributed by atoms with E-state index in [1.54, 1.807) is 16.9 Å². The van der Waals surface area contributed by atoms with Crippen LogP contribution in [0, 0.1) is 17.8 Å². The number of amides is 2. The average molecular weight is 617 g/mol. The summed E-state index contributed by atoms with van der Waals surface area (Å²) >= 11 is 0. The molecule has 44 heavy (non-hydrogen) atoms. The Morgan fingerprint density at radius 1 is 1.00 bits per heavy atom. The lowest BCUT2D eigenvalue weighted by atomic mass is 9.88. The van der Waals surface area contributed by atoms with Crippen LogP contribution in [0.2, 0.25) is 25.7 Å². The highest BCUT2D eigenvalue weighted by Gasteiger charge is 2.48. The topological polar surface area (TPSA) is 103 Å². The summed E-state index contributed by atoms with van der Waals surface area (Å²) in [4.78, 5) is 32.1. The zero-order chi connectivity index (χ0) is 31.0. The Balaban J connectivity index is 1.18. The van der Waals surface area contributed by atoms with E-state index in [-0.39, 0.29) is 23.8 Å². The molecular formula is C34H48N6O3Si. The van der Waals surface area contributed by atoms with Gasteiger partial charge in [0.1, 0.15) is 18.5 Å². The van der Waals surface area contributed by atoms with Crippen LogP contribution in [-0.4, -0.2) is 51.9 Å². The van der Waals surface area contributed by atoms with Crippen molar-refractivity contribution in [1.29, 1.82) is 0 Å². The first-order valence-electron chi connectivity index (χ1n) is 16.5. The Bertz CT molecular complexity index is 1450. The summed E-state index contributed by atoms with van der Waals surface area (Å²) in [6, 6.07) is 10.4. The Morgan fingerprint density at radius 2 is 1.68 bits per heavy atom. The van der Waals surface area contributed by atoms with Crippen LogP contribution in [0.1, 0.15) is 80.5 Å². The fraction of sp³-hybridized carbons (Fsp3) is 0.588. The van der Waals surface area contributed by atoms with E-state index in [0.29, 0.717) is 30.2 Å². The molecule has 3 fully saturated rings. The van der Waals surface area contributed by atoms with Crippen molar-refractivity contribution in [3.05, 3.63) is 54.2 Å². The number of ether oxygens (including phenoxy) is 1. The second kappa shape index (κ2) is 12.6. The molecule has 3 aliphatic carbocycles. The van der Waals surface area contributed by atoms with Crippen LogP contribution in [0.15, 0.2) is 42.9 Å². The maximum Gasteiger partial charge on any atom is 0.270 e. The van der Waals surface area contributed by atoms with Gasteiger partial charge in [-0.15, -0.1) is 0 Å². The van der Waals surface area contributed by atoms with E-state index in [1.807, 2.05) is 32.3 Å². The van der Waals surface area contributed by atoms with Crippen molar-refractivity contribution in [2.45, 2.75) is 103 Å². The summed E-state index contributed by atoms with van der Waals surface area (Å²) in [6.07, 6.45) is 10.4. The first-order valence-corrected chi connectivity index (χ1v) is 20.2. The van der Waals surface area contributed by atoms with Crippen molar-refractivity contribution < 1.29 is 14.3 Å². The second-order valence-electron chi connectivity index (χ2n) is 14.6. The van der Waals surface area contributed by atoms with E-state index >= 15 is 0 Å². The number of nitrogens with one attached hydrogen (secondary N) is 2. The summed E-state index contributed by atoms with van der Waals surface area (Å²) in [6.45, 7) is 12.3. The number of rotatable bonds is 15. The van der Waals surface area contributed by atoms with Crippen LogP contribution >= 0.6 is 0 Å². The third kappa shape index (κ3) is 7.34. The summed E-state index contributed by atoms with van der Waals surface area (Å²) in [7, 11) is -1.16. The van der Waals surface area contributed by atoms with E-state index < -0.39 is 14.1 Å². The Morgan fingerprint density at radius 3 is 2.27 bits per heavy atom. The first-order chi connectivity index (χ1) is 21.1. The van der Waals surface area contributed by atoms with Crippen molar-refractivity contribution in [1.82, 2.24) is 24.6 Å². The van der Waals surface area contributed by atoms with E-state index in [2.05, 4.69) is 52.1 Å². The largest absolute Gasteiger partial charge is 0.361 e. The van der Waals surface area contributed by atoms with Gasteiger partial charge in [-0.05, 0) is 94.4 Å². The third-order valence-corrected chi connectivity index (χ3v) is 10.9. The normalized spacial score (nSPS) is 17.7. The highest BCUT2D eigenvalue weighted by Crippen LogP contribution is 2.51. The lowest BCUT2D eigenvalue weighted by Crippen LogP contribution is -2.50. The number of carbonyl (C=O) groups is 2. The zero-order valence-electron chi connectivity index (χ0n) is 26.9. The lowest BCUT2D eigenvalue weighted by Gasteiger charge is -2.28. The molecule has 1 aromatic carbocycles. The van der Waals surface area contributed by atoms with E-state index in [9.17, 15) is 9.59 Å². The van der Waals surface area contributed by atoms with Crippen molar-refractivity contribution >= 4 is 25.6 Å². The van der Waals surface area contributed by atoms with E-state index in [0.717, 1.165) is 61.0 Å². The molecule has 2 aromatic heterocycles. The predicted molar refractivity (Wildman–Crippen MR) is 175 cm³/mol. The van der Waals surface area contributed by atoms with Gasteiger partial charge in [-0.1, -0.05) is 31.8 Å². The van der Waals surface area contributed by atoms with Gasteiger partial charge in [0.25, 0.3) is 5.91 Å². The molecule has 0 spiro atoms. The van der Waals surface area contributed by atoms with Crippen LogP contribution in [0.25, 0.3) is 11.3 Å². The number of imidazole rings is 1. The van der Waals surface area contributed by atoms with Gasteiger partial charge in [0.05, 0.1) is 17.7 Å². The highest BCUT2D eigenvalue weighted by molar-refractivity contribution is 6.76. The van der Waals surface area contributed by atoms with Gasteiger partial charge in [-0.2, -0.15) is 5.10 Å². The molecule has 2 amide bonds. The van der Waals surface area contributed by atoms with Gasteiger partial charge in [0.2, 0.25) is 5.91 Å². The number of benzene rings is 1. The number of hydrogen-bond donors (Lipinski definition) is 2. The maximum atomic E-state index is 13.9. The lowest BCUT2D eigenvalue weighted by molar-refractivity contribution is -0.119. The predicted octanol–water partition coefficient (Wildman–Crippen LogP) is 6.69. The molecule has 3 saturated carbocycles. The van der Waals surface area contributed by atoms with Gasteiger partial charge < -0.3 is 19.9 Å². The Hall–Kier alpha value is -3.24. The summed E-state index contributed by atoms with van der Waals surface area (Å²) < 4.78 is 9.92.